The van der Waals surface area contributed by atoms with Crippen LogP contribution >= 0.6 is 0 Å². The number of rotatable bonds is 4. The van der Waals surface area contributed by atoms with Gasteiger partial charge in [-0.1, -0.05) is 42.5 Å². The van der Waals surface area contributed by atoms with Gasteiger partial charge < -0.3 is 16.0 Å². The van der Waals surface area contributed by atoms with Gasteiger partial charge in [-0.2, -0.15) is 10.2 Å². The van der Waals surface area contributed by atoms with Crippen LogP contribution in [0.3, 0.4) is 0 Å². The number of carbonyl (C=O) groups excluding carboxylic acids is 2. The number of H-pyrrole nitrogens is 1. The Morgan fingerprint density at radius 3 is 2.58 bits per heavy atom. The van der Waals surface area contributed by atoms with E-state index in [1.807, 2.05) is 41.3 Å². The third kappa shape index (κ3) is 4.05. The maximum Gasteiger partial charge on any atom is 0.258 e. The first-order chi connectivity index (χ1) is 15.0. The van der Waals surface area contributed by atoms with Crippen molar-refractivity contribution in [3.05, 3.63) is 57.9 Å². The van der Waals surface area contributed by atoms with Gasteiger partial charge in [-0.3, -0.25) is 19.4 Å². The van der Waals surface area contributed by atoms with Crippen molar-refractivity contribution < 1.29 is 9.59 Å². The van der Waals surface area contributed by atoms with Gasteiger partial charge >= 0.3 is 0 Å². The predicted octanol–water partition coefficient (Wildman–Crippen LogP) is 1.36. The van der Waals surface area contributed by atoms with Crippen LogP contribution in [0.15, 0.2) is 41.2 Å². The van der Waals surface area contributed by atoms with Crippen LogP contribution in [0.2, 0.25) is 0 Å². The van der Waals surface area contributed by atoms with Crippen molar-refractivity contribution in [3.63, 3.8) is 0 Å². The van der Waals surface area contributed by atoms with E-state index < -0.39 is 23.3 Å². The van der Waals surface area contributed by atoms with Gasteiger partial charge in [0.25, 0.3) is 5.56 Å². The molecule has 9 nitrogen and oxygen atoms in total. The van der Waals surface area contributed by atoms with Gasteiger partial charge in [0.2, 0.25) is 17.8 Å². The maximum atomic E-state index is 13.0. The zero-order chi connectivity index (χ0) is 22.0. The van der Waals surface area contributed by atoms with Gasteiger partial charge in [0.15, 0.2) is 0 Å². The van der Waals surface area contributed by atoms with E-state index in [4.69, 9.17) is 5.73 Å². The minimum Gasteiger partial charge on any atom is -0.369 e. The fraction of sp³-hybridized carbons (Fsp3) is 0.318. The van der Waals surface area contributed by atoms with Crippen LogP contribution in [0.1, 0.15) is 29.9 Å². The molecule has 4 N–H and O–H groups in total. The van der Waals surface area contributed by atoms with Crippen molar-refractivity contribution >= 4 is 29.7 Å². The van der Waals surface area contributed by atoms with Crippen LogP contribution in [-0.2, 0) is 9.59 Å². The number of nitrogens with one attached hydrogen (secondary N) is 2. The molecular weight excluding hydrogens is 396 g/mol. The number of nitrogens with two attached hydrogens (primary N) is 1. The number of carbonyl (C=O) groups is 2. The van der Waals surface area contributed by atoms with Crippen molar-refractivity contribution in [1.29, 1.82) is 5.26 Å². The Bertz CT molecular complexity index is 1130. The molecule has 2 atom stereocenters. The molecule has 0 bridgehead atoms. The molecule has 1 aromatic heterocycles. The Labute approximate surface area is 178 Å². The SMILES string of the molecule is N#CC1C(=O)Nc2nc(N3CCC(C(N)=O)CC3)[nH]c(=O)c2C1/C=C/c1ccccc1. The Hall–Kier alpha value is -3.93. The molecular formula is C22H22N6O3. The summed E-state index contributed by atoms with van der Waals surface area (Å²) in [5.41, 5.74) is 6.13. The fourth-order valence-corrected chi connectivity index (χ4v) is 4.05. The summed E-state index contributed by atoms with van der Waals surface area (Å²) in [6.45, 7) is 1.03. The molecule has 0 aliphatic carbocycles. The second-order valence-corrected chi connectivity index (χ2v) is 7.71. The van der Waals surface area contributed by atoms with E-state index in [1.165, 1.54) is 0 Å². The summed E-state index contributed by atoms with van der Waals surface area (Å²) >= 11 is 0. The van der Waals surface area contributed by atoms with E-state index >= 15 is 0 Å². The molecule has 9 heteroatoms. The van der Waals surface area contributed by atoms with E-state index in [0.29, 0.717) is 31.9 Å². The Morgan fingerprint density at radius 1 is 1.23 bits per heavy atom. The molecule has 1 saturated heterocycles. The number of fused-ring (bicyclic) bond motifs is 1. The van der Waals surface area contributed by atoms with E-state index in [0.717, 1.165) is 5.56 Å². The Morgan fingerprint density at radius 2 is 1.94 bits per heavy atom. The third-order valence-electron chi connectivity index (χ3n) is 5.79. The predicted molar refractivity (Wildman–Crippen MR) is 115 cm³/mol. The lowest BCUT2D eigenvalue weighted by Gasteiger charge is -2.32. The summed E-state index contributed by atoms with van der Waals surface area (Å²) in [5, 5.41) is 12.2. The molecule has 4 rings (SSSR count). The van der Waals surface area contributed by atoms with E-state index in [-0.39, 0.29) is 23.2 Å². The summed E-state index contributed by atoms with van der Waals surface area (Å²) in [7, 11) is 0. The lowest BCUT2D eigenvalue weighted by atomic mass is 9.83. The highest BCUT2D eigenvalue weighted by Crippen LogP contribution is 2.35. The van der Waals surface area contributed by atoms with Gasteiger partial charge in [-0.15, -0.1) is 0 Å². The first kappa shape index (κ1) is 20.3. The number of hydrogen-bond acceptors (Lipinski definition) is 6. The Balaban J connectivity index is 1.67. The van der Waals surface area contributed by atoms with Crippen LogP contribution in [0.4, 0.5) is 11.8 Å². The number of primary amides is 1. The molecule has 2 unspecified atom stereocenters. The summed E-state index contributed by atoms with van der Waals surface area (Å²) in [6, 6.07) is 11.4. The van der Waals surface area contributed by atoms with Gasteiger partial charge in [0, 0.05) is 24.9 Å². The topological polar surface area (TPSA) is 145 Å². The largest absolute Gasteiger partial charge is 0.369 e. The van der Waals surface area contributed by atoms with E-state index in [1.54, 1.807) is 12.2 Å². The van der Waals surface area contributed by atoms with Crippen LogP contribution in [0.25, 0.3) is 6.08 Å². The molecule has 2 aliphatic rings. The van der Waals surface area contributed by atoms with Crippen LogP contribution in [-0.4, -0.2) is 34.9 Å². The van der Waals surface area contributed by atoms with Crippen LogP contribution in [0, 0.1) is 23.2 Å². The van der Waals surface area contributed by atoms with Crippen molar-refractivity contribution in [1.82, 2.24) is 9.97 Å². The van der Waals surface area contributed by atoms with Gasteiger partial charge in [-0.25, -0.2) is 0 Å². The zero-order valence-corrected chi connectivity index (χ0v) is 16.7. The number of aromatic amines is 1. The molecule has 31 heavy (non-hydrogen) atoms. The minimum absolute atomic E-state index is 0.162. The number of aromatic nitrogens is 2. The number of benzene rings is 1. The van der Waals surface area contributed by atoms with Gasteiger partial charge in [-0.05, 0) is 18.4 Å². The molecule has 2 aliphatic heterocycles. The molecule has 2 aromatic rings. The highest BCUT2D eigenvalue weighted by atomic mass is 16.2. The standard InChI is InChI=1S/C22H22N6O3/c23-12-16-15(7-6-13-4-2-1-3-5-13)17-19(25-20(16)30)26-22(27-21(17)31)28-10-8-14(9-11-28)18(24)29/h1-7,14-16H,8-11H2,(H2,24,29)(H2,25,26,27,30,31)/b7-6+. The van der Waals surface area contributed by atoms with Crippen LogP contribution < -0.4 is 21.5 Å². The number of hydrogen-bond donors (Lipinski definition) is 3. The highest BCUT2D eigenvalue weighted by molar-refractivity contribution is 5.97. The molecule has 1 aromatic carbocycles. The average Bonchev–Trinajstić information content (AvgIpc) is 2.77. The van der Waals surface area contributed by atoms with Crippen LogP contribution in [0.5, 0.6) is 0 Å². The van der Waals surface area contributed by atoms with Gasteiger partial charge in [0.05, 0.1) is 11.6 Å². The maximum absolute atomic E-state index is 13.0. The smallest absolute Gasteiger partial charge is 0.258 e. The summed E-state index contributed by atoms with van der Waals surface area (Å²) < 4.78 is 0. The average molecular weight is 418 g/mol. The quantitative estimate of drug-likeness (QED) is 0.684. The molecule has 3 heterocycles. The molecule has 2 amide bonds. The number of anilines is 2. The lowest BCUT2D eigenvalue weighted by molar-refractivity contribution is -0.122. The second kappa shape index (κ2) is 8.44. The van der Waals surface area contributed by atoms with Crippen molar-refractivity contribution in [2.24, 2.45) is 17.6 Å². The number of amides is 2. The van der Waals surface area contributed by atoms with Crippen molar-refractivity contribution in [3.8, 4) is 6.07 Å². The van der Waals surface area contributed by atoms with Crippen molar-refractivity contribution in [2.75, 3.05) is 23.3 Å². The molecule has 0 radical (unpaired) electrons. The normalized spacial score (nSPS) is 21.4. The first-order valence-electron chi connectivity index (χ1n) is 10.1. The zero-order valence-electron chi connectivity index (χ0n) is 16.7. The number of allylic oxidation sites excluding steroid dienone is 1. The number of piperidine rings is 1. The first-order valence-corrected chi connectivity index (χ1v) is 10.1. The third-order valence-corrected chi connectivity index (χ3v) is 5.79. The summed E-state index contributed by atoms with van der Waals surface area (Å²) in [6.07, 6.45) is 4.64. The van der Waals surface area contributed by atoms with Gasteiger partial charge in [0.1, 0.15) is 11.7 Å². The molecule has 0 spiro atoms. The second-order valence-electron chi connectivity index (χ2n) is 7.71. The summed E-state index contributed by atoms with van der Waals surface area (Å²) in [4.78, 5) is 46.0. The van der Waals surface area contributed by atoms with E-state index in [2.05, 4.69) is 15.3 Å². The molecule has 158 valence electrons. The lowest BCUT2D eigenvalue weighted by Crippen LogP contribution is -2.42. The van der Waals surface area contributed by atoms with E-state index in [9.17, 15) is 19.6 Å². The van der Waals surface area contributed by atoms with Crippen molar-refractivity contribution in [2.45, 2.75) is 18.8 Å². The highest BCUT2D eigenvalue weighted by Gasteiger charge is 2.38. The molecule has 0 saturated carbocycles. The minimum atomic E-state index is -1.03. The number of nitrogens with zero attached hydrogens (tertiary/aromatic N) is 3. The monoisotopic (exact) mass is 418 g/mol. The fourth-order valence-electron chi connectivity index (χ4n) is 4.05. The summed E-state index contributed by atoms with van der Waals surface area (Å²) in [5.74, 6) is -2.27. The molecule has 1 fully saturated rings. The number of nitriles is 1. The Kier molecular flexibility index (Phi) is 5.54.